The summed E-state index contributed by atoms with van der Waals surface area (Å²) in [5.41, 5.74) is 9.11. The maximum absolute atomic E-state index is 13.6. The Labute approximate surface area is 396 Å². The van der Waals surface area contributed by atoms with Crippen molar-refractivity contribution in [1.29, 1.82) is 0 Å². The van der Waals surface area contributed by atoms with Crippen molar-refractivity contribution in [3.05, 3.63) is 70.7 Å². The average molecular weight is 935 g/mol. The van der Waals surface area contributed by atoms with Gasteiger partial charge in [0.15, 0.2) is 11.6 Å². The Kier molecular flexibility index (Phi) is 15.0. The highest BCUT2D eigenvalue weighted by molar-refractivity contribution is 6.07. The van der Waals surface area contributed by atoms with Gasteiger partial charge in [-0.2, -0.15) is 0 Å². The first-order valence-electron chi connectivity index (χ1n) is 23.9. The number of nitrogens with zero attached hydrogens (tertiary/aromatic N) is 7. The maximum atomic E-state index is 13.6. The van der Waals surface area contributed by atoms with E-state index in [1.165, 1.54) is 9.80 Å². The SMILES string of the molecule is CC[C@@H]1C(=O)N(C)c2cnc(Cc3ccc(C(=O)CC4CCN(CCOCCN(CC(=O)Nc5cccc6c5CN(C5CCC(=O)NC5=O)C6=O)C(N)=O)CC4)cc3OC)nc2N1C1CCCC1. The Balaban J connectivity index is 0.762. The molecule has 1 unspecified atom stereocenters. The van der Waals surface area contributed by atoms with Gasteiger partial charge in [0.1, 0.15) is 35.9 Å². The molecule has 5 heterocycles. The first kappa shape index (κ1) is 48.0. The van der Waals surface area contributed by atoms with Crippen LogP contribution < -0.4 is 30.9 Å². The Bertz CT molecular complexity index is 2430. The minimum Gasteiger partial charge on any atom is -0.496 e. The van der Waals surface area contributed by atoms with Gasteiger partial charge >= 0.3 is 6.03 Å². The number of piperidine rings is 2. The first-order chi connectivity index (χ1) is 32.8. The lowest BCUT2D eigenvalue weighted by Crippen LogP contribution is -2.55. The monoisotopic (exact) mass is 934 g/mol. The van der Waals surface area contributed by atoms with Gasteiger partial charge in [-0.25, -0.2) is 14.8 Å². The number of primary amides is 1. The molecular formula is C49H62N10O9. The van der Waals surface area contributed by atoms with E-state index >= 15 is 0 Å². The van der Waals surface area contributed by atoms with E-state index in [4.69, 9.17) is 20.2 Å². The van der Waals surface area contributed by atoms with Crippen LogP contribution in [0.5, 0.6) is 5.75 Å². The van der Waals surface area contributed by atoms with Crippen LogP contribution in [0.4, 0.5) is 22.0 Å². The molecule has 0 spiro atoms. The van der Waals surface area contributed by atoms with Crippen LogP contribution >= 0.6 is 0 Å². The third-order valence-corrected chi connectivity index (χ3v) is 14.2. The number of carbonyl (C=O) groups excluding carboxylic acids is 7. The number of anilines is 3. The van der Waals surface area contributed by atoms with E-state index in [9.17, 15) is 33.6 Å². The number of carbonyl (C=O) groups is 7. The van der Waals surface area contributed by atoms with Crippen LogP contribution in [0.2, 0.25) is 0 Å². The summed E-state index contributed by atoms with van der Waals surface area (Å²) >= 11 is 0. The summed E-state index contributed by atoms with van der Waals surface area (Å²) in [5.74, 6) is 0.659. The summed E-state index contributed by atoms with van der Waals surface area (Å²) < 4.78 is 11.6. The lowest BCUT2D eigenvalue weighted by molar-refractivity contribution is -0.137. The number of rotatable bonds is 18. The van der Waals surface area contributed by atoms with Crippen molar-refractivity contribution >= 4 is 58.5 Å². The van der Waals surface area contributed by atoms with Crippen LogP contribution in [0.3, 0.4) is 0 Å². The maximum Gasteiger partial charge on any atom is 0.315 e. The second kappa shape index (κ2) is 21.2. The zero-order valence-electron chi connectivity index (χ0n) is 39.2. The van der Waals surface area contributed by atoms with E-state index in [-0.39, 0.29) is 80.6 Å². The van der Waals surface area contributed by atoms with Crippen molar-refractivity contribution < 1.29 is 43.0 Å². The standard InChI is InChI=1S/C49H62N10O9/c1-4-37-48(65)55(2)39-27-51-42(53-45(39)59(37)33-8-5-6-9-33)26-32-13-12-31(25-41(32)67-3)40(60)24-30-16-18-56(19-17-30)20-22-68-23-21-57(49(50)66)29-44(62)52-36-11-7-10-34-35(36)28-58(47(34)64)38-14-15-43(61)54-46(38)63/h7,10-13,25,27,30,33,37-38H,4-6,8-9,14-24,26,28-29H2,1-3H3,(H2,50,66)(H,52,62)(H,54,61,63)/t37-,38?/m1/s1. The number of aromatic nitrogens is 2. The molecule has 7 amide bonds. The van der Waals surface area contributed by atoms with Gasteiger partial charge in [0, 0.05) is 79.9 Å². The van der Waals surface area contributed by atoms with Crippen molar-refractivity contribution in [2.24, 2.45) is 11.7 Å². The minimum absolute atomic E-state index is 0.0686. The molecule has 1 aromatic heterocycles. The van der Waals surface area contributed by atoms with Crippen molar-refractivity contribution in [3.8, 4) is 5.75 Å². The average Bonchev–Trinajstić information content (AvgIpc) is 3.98. The van der Waals surface area contributed by atoms with Gasteiger partial charge in [0.05, 0.1) is 26.5 Å². The number of benzene rings is 2. The van der Waals surface area contributed by atoms with Crippen molar-refractivity contribution in [3.63, 3.8) is 0 Å². The predicted molar refractivity (Wildman–Crippen MR) is 251 cm³/mol. The molecule has 4 aliphatic heterocycles. The number of likely N-dealkylation sites (N-methyl/N-ethyl adjacent to an activating group) is 1. The smallest absolute Gasteiger partial charge is 0.315 e. The van der Waals surface area contributed by atoms with Crippen LogP contribution in [-0.4, -0.2) is 144 Å². The number of nitrogens with one attached hydrogen (secondary N) is 2. The zero-order chi connectivity index (χ0) is 48.1. The fourth-order valence-electron chi connectivity index (χ4n) is 10.3. The van der Waals surface area contributed by atoms with Crippen LogP contribution in [0, 0.1) is 5.92 Å². The van der Waals surface area contributed by atoms with Crippen molar-refractivity contribution in [1.82, 2.24) is 30.0 Å². The second-order valence-electron chi connectivity index (χ2n) is 18.4. The minimum atomic E-state index is -0.790. The number of Topliss-reactive ketones (excluding diaryl/α,β-unsaturated/α-hetero) is 1. The summed E-state index contributed by atoms with van der Waals surface area (Å²) in [5, 5.41) is 5.07. The number of imide groups is 1. The molecule has 2 saturated heterocycles. The van der Waals surface area contributed by atoms with Crippen LogP contribution in [0.1, 0.15) is 109 Å². The molecule has 8 rings (SSSR count). The molecule has 0 radical (unpaired) electrons. The number of ketones is 1. The van der Waals surface area contributed by atoms with Crippen LogP contribution in [0.25, 0.3) is 0 Å². The number of ether oxygens (including phenoxy) is 2. The number of amides is 7. The normalized spacial score (nSPS) is 20.1. The molecule has 19 heteroatoms. The fourth-order valence-corrected chi connectivity index (χ4v) is 10.3. The molecule has 1 saturated carbocycles. The van der Waals surface area contributed by atoms with Gasteiger partial charge in [-0.1, -0.05) is 38.0 Å². The Morgan fingerprint density at radius 2 is 1.78 bits per heavy atom. The number of methoxy groups -OCH3 is 1. The number of likely N-dealkylation sites (tertiary alicyclic amines) is 1. The van der Waals surface area contributed by atoms with Gasteiger partial charge in [-0.15, -0.1) is 0 Å². The van der Waals surface area contributed by atoms with Gasteiger partial charge in [-0.3, -0.25) is 34.1 Å². The van der Waals surface area contributed by atoms with Crippen LogP contribution in [0.15, 0.2) is 42.6 Å². The number of fused-ring (bicyclic) bond motifs is 2. The predicted octanol–water partition coefficient (Wildman–Crippen LogP) is 3.66. The summed E-state index contributed by atoms with van der Waals surface area (Å²) in [4.78, 5) is 108. The molecule has 362 valence electrons. The number of hydrogen-bond donors (Lipinski definition) is 3. The van der Waals surface area contributed by atoms with Gasteiger partial charge < -0.3 is 45.0 Å². The lowest BCUT2D eigenvalue weighted by atomic mass is 9.89. The zero-order valence-corrected chi connectivity index (χ0v) is 39.2. The van der Waals surface area contributed by atoms with Gasteiger partial charge in [0.2, 0.25) is 23.6 Å². The first-order valence-corrected chi connectivity index (χ1v) is 23.9. The van der Waals surface area contributed by atoms with E-state index in [1.807, 2.05) is 18.2 Å². The van der Waals surface area contributed by atoms with Gasteiger partial charge in [0.25, 0.3) is 5.91 Å². The summed E-state index contributed by atoms with van der Waals surface area (Å²) in [7, 11) is 3.40. The van der Waals surface area contributed by atoms with Crippen LogP contribution in [-0.2, 0) is 36.9 Å². The highest BCUT2D eigenvalue weighted by Gasteiger charge is 2.42. The Morgan fingerprint density at radius 3 is 2.50 bits per heavy atom. The summed E-state index contributed by atoms with van der Waals surface area (Å²) in [6, 6.07) is 8.96. The lowest BCUT2D eigenvalue weighted by Gasteiger charge is -2.43. The molecular weight excluding hydrogens is 873 g/mol. The molecule has 0 bridgehead atoms. The third kappa shape index (κ3) is 10.5. The van der Waals surface area contributed by atoms with Gasteiger partial charge in [-0.05, 0) is 75.7 Å². The molecule has 2 atom stereocenters. The largest absolute Gasteiger partial charge is 0.496 e. The van der Waals surface area contributed by atoms with E-state index in [0.29, 0.717) is 66.4 Å². The Morgan fingerprint density at radius 1 is 1.00 bits per heavy atom. The molecule has 4 N–H and O–H groups in total. The van der Waals surface area contributed by atoms with E-state index < -0.39 is 23.9 Å². The fraction of sp³-hybridized carbons (Fsp3) is 0.531. The van der Waals surface area contributed by atoms with E-state index in [2.05, 4.69) is 32.3 Å². The molecule has 68 heavy (non-hydrogen) atoms. The summed E-state index contributed by atoms with van der Waals surface area (Å²) in [6.45, 7) is 4.78. The number of hydrogen-bond acceptors (Lipinski definition) is 13. The third-order valence-electron chi connectivity index (χ3n) is 14.2. The van der Waals surface area contributed by atoms with E-state index in [1.54, 1.807) is 43.5 Å². The molecule has 1 aliphatic carbocycles. The highest BCUT2D eigenvalue weighted by atomic mass is 16.5. The highest BCUT2D eigenvalue weighted by Crippen LogP contribution is 2.40. The topological polar surface area (TPSA) is 230 Å². The molecule has 3 aromatic rings. The molecule has 2 aromatic carbocycles. The Hall–Kier alpha value is -6.47. The van der Waals surface area contributed by atoms with Crippen molar-refractivity contribution in [2.75, 3.05) is 75.2 Å². The van der Waals surface area contributed by atoms with Crippen molar-refractivity contribution in [2.45, 2.75) is 102 Å². The number of urea groups is 1. The molecule has 3 fully saturated rings. The quantitative estimate of drug-likeness (QED) is 0.0941. The second-order valence-corrected chi connectivity index (χ2v) is 18.4. The molecule has 5 aliphatic rings. The summed E-state index contributed by atoms with van der Waals surface area (Å²) in [6.07, 6.45) is 9.77. The number of nitrogens with two attached hydrogens (primary N) is 1. The molecule has 19 nitrogen and oxygen atoms in total. The van der Waals surface area contributed by atoms with E-state index in [0.717, 1.165) is 68.7 Å².